The summed E-state index contributed by atoms with van der Waals surface area (Å²) in [6, 6.07) is 17.7. The van der Waals surface area contributed by atoms with Crippen molar-refractivity contribution < 1.29 is 14.3 Å². The number of nitrogens with zero attached hydrogens (tertiary/aromatic N) is 3. The quantitative estimate of drug-likeness (QED) is 0.571. The number of carbonyl (C=O) groups is 2. The average Bonchev–Trinajstić information content (AvgIpc) is 3.24. The highest BCUT2D eigenvalue weighted by Gasteiger charge is 2.45. The van der Waals surface area contributed by atoms with Crippen molar-refractivity contribution in [1.82, 2.24) is 20.0 Å². The number of benzene rings is 2. The number of carbonyl (C=O) groups excluding carboxylic acids is 2. The molecule has 1 atom stereocenters. The number of amides is 3. The summed E-state index contributed by atoms with van der Waals surface area (Å²) in [5.41, 5.74) is 3.67. The molecule has 3 amide bonds. The second-order valence-corrected chi connectivity index (χ2v) is 9.57. The summed E-state index contributed by atoms with van der Waals surface area (Å²) in [4.78, 5) is 33.0. The Balaban J connectivity index is 1.33. The fraction of sp³-hybridized carbons (Fsp3) is 0.379. The highest BCUT2D eigenvalue weighted by Crippen LogP contribution is 2.38. The van der Waals surface area contributed by atoms with E-state index in [1.54, 1.807) is 11.0 Å². The van der Waals surface area contributed by atoms with Gasteiger partial charge in [-0.1, -0.05) is 48.5 Å². The molecule has 5 rings (SSSR count). The van der Waals surface area contributed by atoms with Crippen molar-refractivity contribution in [3.63, 3.8) is 0 Å². The van der Waals surface area contributed by atoms with Crippen LogP contribution in [0.2, 0.25) is 0 Å². The Labute approximate surface area is 213 Å². The van der Waals surface area contributed by atoms with E-state index in [1.165, 1.54) is 5.56 Å². The van der Waals surface area contributed by atoms with Crippen LogP contribution in [0.3, 0.4) is 0 Å². The molecule has 3 heterocycles. The van der Waals surface area contributed by atoms with Crippen LogP contribution in [0.5, 0.6) is 5.75 Å². The minimum absolute atomic E-state index is 0.0273. The maximum Gasteiger partial charge on any atom is 0.322 e. The van der Waals surface area contributed by atoms with Gasteiger partial charge in [0.15, 0.2) is 0 Å². The van der Waals surface area contributed by atoms with Crippen LogP contribution in [0.25, 0.3) is 0 Å². The maximum atomic E-state index is 13.8. The third-order valence-electron chi connectivity index (χ3n) is 7.33. The molecule has 1 unspecified atom stereocenters. The molecule has 0 saturated carbocycles. The number of likely N-dealkylation sites (tertiary alicyclic amines) is 1. The van der Waals surface area contributed by atoms with Gasteiger partial charge in [0.05, 0.1) is 30.5 Å². The van der Waals surface area contributed by atoms with Crippen molar-refractivity contribution >= 4 is 11.9 Å². The Hall–Kier alpha value is -3.58. The van der Waals surface area contributed by atoms with E-state index in [0.29, 0.717) is 25.3 Å². The molecule has 0 bridgehead atoms. The van der Waals surface area contributed by atoms with Gasteiger partial charge in [0.2, 0.25) is 0 Å². The normalized spacial score (nSPS) is 21.0. The molecule has 3 aliphatic rings. The Kier molecular flexibility index (Phi) is 7.09. The molecule has 0 aliphatic carbocycles. The lowest BCUT2D eigenvalue weighted by atomic mass is 9.95. The Morgan fingerprint density at radius 2 is 1.78 bits per heavy atom. The SMILES string of the molecule is C=CCN1C(=O)NC(c2ccc(OCC)cc2)C2=C1CN(C1CCN(Cc3ccccc3)CC1)C2=O. The largest absolute Gasteiger partial charge is 0.494 e. The molecule has 3 aliphatic heterocycles. The van der Waals surface area contributed by atoms with Crippen LogP contribution in [0.1, 0.15) is 36.9 Å². The second kappa shape index (κ2) is 10.6. The number of hydrogen-bond acceptors (Lipinski definition) is 4. The molecule has 7 nitrogen and oxygen atoms in total. The smallest absolute Gasteiger partial charge is 0.322 e. The van der Waals surface area contributed by atoms with Crippen LogP contribution in [0, 0.1) is 0 Å². The molecule has 0 radical (unpaired) electrons. The van der Waals surface area contributed by atoms with Gasteiger partial charge in [-0.05, 0) is 43.0 Å². The number of urea groups is 1. The standard InChI is InChI=1S/C29H34N4O3/c1-3-16-32-25-20-33(23-14-17-31(18-15-23)19-21-8-6-5-7-9-21)28(34)26(25)27(30-29(32)35)22-10-12-24(13-11-22)36-4-2/h3,5-13,23,27H,1,4,14-20H2,2H3,(H,30,35). The highest BCUT2D eigenvalue weighted by atomic mass is 16.5. The lowest BCUT2D eigenvalue weighted by molar-refractivity contribution is -0.128. The van der Waals surface area contributed by atoms with Gasteiger partial charge < -0.3 is 15.0 Å². The van der Waals surface area contributed by atoms with Crippen LogP contribution < -0.4 is 10.1 Å². The lowest BCUT2D eigenvalue weighted by Crippen LogP contribution is -2.47. The van der Waals surface area contributed by atoms with Gasteiger partial charge >= 0.3 is 6.03 Å². The van der Waals surface area contributed by atoms with E-state index in [2.05, 4.69) is 41.1 Å². The van der Waals surface area contributed by atoms with E-state index in [9.17, 15) is 9.59 Å². The molecule has 36 heavy (non-hydrogen) atoms. The third kappa shape index (κ3) is 4.75. The second-order valence-electron chi connectivity index (χ2n) is 9.57. The molecule has 1 fully saturated rings. The molecule has 188 valence electrons. The molecule has 1 saturated heterocycles. The van der Waals surface area contributed by atoms with E-state index in [-0.39, 0.29) is 18.0 Å². The monoisotopic (exact) mass is 486 g/mol. The zero-order chi connectivity index (χ0) is 25.1. The zero-order valence-corrected chi connectivity index (χ0v) is 20.9. The van der Waals surface area contributed by atoms with Crippen LogP contribution >= 0.6 is 0 Å². The Morgan fingerprint density at radius 1 is 1.06 bits per heavy atom. The average molecular weight is 487 g/mol. The van der Waals surface area contributed by atoms with Crippen LogP contribution in [-0.2, 0) is 11.3 Å². The fourth-order valence-electron chi connectivity index (χ4n) is 5.53. The third-order valence-corrected chi connectivity index (χ3v) is 7.33. The van der Waals surface area contributed by atoms with Gasteiger partial charge in [-0.3, -0.25) is 14.6 Å². The van der Waals surface area contributed by atoms with Crippen LogP contribution in [0.4, 0.5) is 4.79 Å². The summed E-state index contributed by atoms with van der Waals surface area (Å²) in [5, 5.41) is 3.06. The van der Waals surface area contributed by atoms with Gasteiger partial charge in [0.25, 0.3) is 5.91 Å². The first kappa shape index (κ1) is 24.1. The van der Waals surface area contributed by atoms with Crippen molar-refractivity contribution in [3.05, 3.63) is 89.6 Å². The van der Waals surface area contributed by atoms with Gasteiger partial charge in [-0.25, -0.2) is 4.79 Å². The number of ether oxygens (including phenoxy) is 1. The van der Waals surface area contributed by atoms with E-state index in [1.807, 2.05) is 42.2 Å². The van der Waals surface area contributed by atoms with Crippen molar-refractivity contribution in [1.29, 1.82) is 0 Å². The molecule has 7 heteroatoms. The van der Waals surface area contributed by atoms with E-state index in [4.69, 9.17) is 4.74 Å². The van der Waals surface area contributed by atoms with E-state index in [0.717, 1.165) is 49.5 Å². The molecule has 1 N–H and O–H groups in total. The summed E-state index contributed by atoms with van der Waals surface area (Å²) < 4.78 is 5.57. The summed E-state index contributed by atoms with van der Waals surface area (Å²) in [7, 11) is 0. The zero-order valence-electron chi connectivity index (χ0n) is 20.9. The number of piperidine rings is 1. The van der Waals surface area contributed by atoms with Crippen molar-refractivity contribution in [3.8, 4) is 5.75 Å². The van der Waals surface area contributed by atoms with Gasteiger partial charge in [0, 0.05) is 32.2 Å². The van der Waals surface area contributed by atoms with Gasteiger partial charge in [0.1, 0.15) is 5.75 Å². The van der Waals surface area contributed by atoms with Crippen LogP contribution in [0.15, 0.2) is 78.5 Å². The lowest BCUT2D eigenvalue weighted by Gasteiger charge is -2.37. The molecule has 2 aromatic carbocycles. The van der Waals surface area contributed by atoms with Crippen molar-refractivity contribution in [2.45, 2.75) is 38.4 Å². The minimum atomic E-state index is -0.472. The molecule has 2 aromatic rings. The van der Waals surface area contributed by atoms with Gasteiger partial charge in [-0.2, -0.15) is 0 Å². The summed E-state index contributed by atoms with van der Waals surface area (Å²) in [5.74, 6) is 0.798. The number of hydrogen-bond donors (Lipinski definition) is 1. The molecule has 0 aromatic heterocycles. The number of nitrogens with one attached hydrogen (secondary N) is 1. The molecular formula is C29H34N4O3. The predicted molar refractivity (Wildman–Crippen MR) is 139 cm³/mol. The first-order chi connectivity index (χ1) is 17.6. The van der Waals surface area contributed by atoms with Crippen LogP contribution in [-0.4, -0.2) is 65.5 Å². The number of rotatable bonds is 8. The van der Waals surface area contributed by atoms with Crippen molar-refractivity contribution in [2.24, 2.45) is 0 Å². The van der Waals surface area contributed by atoms with E-state index >= 15 is 0 Å². The first-order valence-electron chi connectivity index (χ1n) is 12.8. The molecule has 0 spiro atoms. The summed E-state index contributed by atoms with van der Waals surface area (Å²) in [6.45, 7) is 10.0. The van der Waals surface area contributed by atoms with E-state index < -0.39 is 6.04 Å². The highest BCUT2D eigenvalue weighted by molar-refractivity contribution is 6.01. The Morgan fingerprint density at radius 3 is 2.44 bits per heavy atom. The van der Waals surface area contributed by atoms with Crippen molar-refractivity contribution in [2.75, 3.05) is 32.8 Å². The topological polar surface area (TPSA) is 65.1 Å². The predicted octanol–water partition coefficient (Wildman–Crippen LogP) is 4.10. The Bertz CT molecular complexity index is 1140. The minimum Gasteiger partial charge on any atom is -0.494 e. The maximum absolute atomic E-state index is 13.8. The molecular weight excluding hydrogens is 452 g/mol. The summed E-state index contributed by atoms with van der Waals surface area (Å²) in [6.07, 6.45) is 3.56. The summed E-state index contributed by atoms with van der Waals surface area (Å²) >= 11 is 0. The fourth-order valence-corrected chi connectivity index (χ4v) is 5.53. The first-order valence-corrected chi connectivity index (χ1v) is 12.8. The van der Waals surface area contributed by atoms with Gasteiger partial charge in [-0.15, -0.1) is 6.58 Å².